The second-order valence-corrected chi connectivity index (χ2v) is 7.49. The number of nitrogens with one attached hydrogen (secondary N) is 3. The van der Waals surface area contributed by atoms with Crippen molar-refractivity contribution in [2.75, 3.05) is 5.32 Å². The Hall–Kier alpha value is -2.98. The number of benzene rings is 1. The number of aliphatic imine (C=N–C) groups is 1. The fraction of sp³-hybridized carbons (Fsp3) is 0.450. The largest absolute Gasteiger partial charge is 0.432 e. The summed E-state index contributed by atoms with van der Waals surface area (Å²) in [5.41, 5.74) is -1.24. The van der Waals surface area contributed by atoms with Crippen molar-refractivity contribution in [3.05, 3.63) is 47.2 Å². The lowest BCUT2D eigenvalue weighted by molar-refractivity contribution is -0.141. The van der Waals surface area contributed by atoms with Crippen LogP contribution in [0.25, 0.3) is 0 Å². The minimum atomic E-state index is -4.62. The molecule has 11 heteroatoms. The van der Waals surface area contributed by atoms with Crippen LogP contribution in [0.15, 0.2) is 29.3 Å². The number of anilines is 1. The van der Waals surface area contributed by atoms with Gasteiger partial charge in [0.05, 0.1) is 6.04 Å². The molecule has 1 aromatic carbocycles. The molecule has 0 bridgehead atoms. The third-order valence-corrected chi connectivity index (χ3v) is 5.21. The van der Waals surface area contributed by atoms with Gasteiger partial charge in [0.25, 0.3) is 5.91 Å². The Morgan fingerprint density at radius 1 is 1.16 bits per heavy atom. The van der Waals surface area contributed by atoms with Gasteiger partial charge in [-0.1, -0.05) is 19.3 Å². The standard InChI is InChI=1S/C20H22F5N5O/c1-11(12-5-3-2-4-6-12)26-19(27-17-10-16(29-30-17)20(23,24)25)28-18(31)13-7-8-14(21)15(22)9-13/h7-12H,2-6H2,1H3,(H3,26,27,28,29,30,31). The van der Waals surface area contributed by atoms with Crippen molar-refractivity contribution >= 4 is 17.7 Å². The number of carbonyl (C=O) groups is 1. The predicted octanol–water partition coefficient (Wildman–Crippen LogP) is 4.87. The number of hydrogen-bond acceptors (Lipinski definition) is 3. The summed E-state index contributed by atoms with van der Waals surface area (Å²) in [6.45, 7) is 1.85. The molecular weight excluding hydrogens is 421 g/mol. The van der Waals surface area contributed by atoms with E-state index < -0.39 is 29.4 Å². The molecule has 1 aliphatic carbocycles. The van der Waals surface area contributed by atoms with Crippen molar-refractivity contribution in [3.8, 4) is 0 Å². The number of rotatable bonds is 4. The lowest BCUT2D eigenvalue weighted by atomic mass is 9.85. The summed E-state index contributed by atoms with van der Waals surface area (Å²) >= 11 is 0. The Labute approximate surface area is 175 Å². The van der Waals surface area contributed by atoms with E-state index in [9.17, 15) is 26.7 Å². The van der Waals surface area contributed by atoms with Crippen molar-refractivity contribution in [2.24, 2.45) is 10.9 Å². The summed E-state index contributed by atoms with van der Waals surface area (Å²) < 4.78 is 65.1. The molecule has 6 nitrogen and oxygen atoms in total. The van der Waals surface area contributed by atoms with Gasteiger partial charge in [-0.25, -0.2) is 13.8 Å². The maximum absolute atomic E-state index is 13.5. The van der Waals surface area contributed by atoms with Crippen molar-refractivity contribution in [3.63, 3.8) is 0 Å². The van der Waals surface area contributed by atoms with Crippen molar-refractivity contribution in [1.29, 1.82) is 0 Å². The number of amides is 1. The molecule has 0 spiro atoms. The molecule has 0 saturated heterocycles. The van der Waals surface area contributed by atoms with Gasteiger partial charge < -0.3 is 5.32 Å². The number of alkyl halides is 3. The van der Waals surface area contributed by atoms with Crippen LogP contribution in [-0.2, 0) is 6.18 Å². The quantitative estimate of drug-likeness (QED) is 0.358. The second kappa shape index (κ2) is 9.44. The fourth-order valence-corrected chi connectivity index (χ4v) is 3.49. The minimum absolute atomic E-state index is 0.131. The Kier molecular flexibility index (Phi) is 6.91. The molecule has 3 rings (SSSR count). The maximum atomic E-state index is 13.5. The summed E-state index contributed by atoms with van der Waals surface area (Å²) in [6.07, 6.45) is 0.546. The summed E-state index contributed by atoms with van der Waals surface area (Å²) in [4.78, 5) is 16.9. The summed E-state index contributed by atoms with van der Waals surface area (Å²) in [5.74, 6) is -3.17. The SMILES string of the molecule is CC(N=C(NC(=O)c1ccc(F)c(F)c1)Nc1cc(C(F)(F)F)[nH]n1)C1CCCCC1. The number of H-pyrrole nitrogens is 1. The molecule has 1 heterocycles. The second-order valence-electron chi connectivity index (χ2n) is 7.49. The molecule has 1 aliphatic rings. The molecule has 0 radical (unpaired) electrons. The molecule has 1 saturated carbocycles. The summed E-state index contributed by atoms with van der Waals surface area (Å²) in [5, 5.41) is 10.4. The van der Waals surface area contributed by atoms with Gasteiger partial charge >= 0.3 is 6.18 Å². The molecule has 1 amide bonds. The average molecular weight is 443 g/mol. The van der Waals surface area contributed by atoms with Gasteiger partial charge in [0.1, 0.15) is 5.69 Å². The van der Waals surface area contributed by atoms with Crippen LogP contribution in [0.1, 0.15) is 55.1 Å². The Morgan fingerprint density at radius 2 is 1.87 bits per heavy atom. The zero-order valence-electron chi connectivity index (χ0n) is 16.7. The van der Waals surface area contributed by atoms with Crippen molar-refractivity contribution in [2.45, 2.75) is 51.2 Å². The lowest BCUT2D eigenvalue weighted by Gasteiger charge is -2.25. The van der Waals surface area contributed by atoms with E-state index in [1.165, 1.54) is 0 Å². The van der Waals surface area contributed by atoms with Crippen LogP contribution in [0.5, 0.6) is 0 Å². The van der Waals surface area contributed by atoms with Crippen molar-refractivity contribution in [1.82, 2.24) is 15.5 Å². The van der Waals surface area contributed by atoms with Gasteiger partial charge in [-0.15, -0.1) is 0 Å². The van der Waals surface area contributed by atoms with E-state index in [4.69, 9.17) is 0 Å². The predicted molar refractivity (Wildman–Crippen MR) is 105 cm³/mol. The van der Waals surface area contributed by atoms with E-state index in [-0.39, 0.29) is 29.3 Å². The van der Waals surface area contributed by atoms with Gasteiger partial charge in [-0.3, -0.25) is 15.2 Å². The van der Waals surface area contributed by atoms with Crippen LogP contribution in [-0.4, -0.2) is 28.1 Å². The normalized spacial score (nSPS) is 16.8. The number of halogens is 5. The van der Waals surface area contributed by atoms with Gasteiger partial charge in [0.2, 0.25) is 5.96 Å². The Morgan fingerprint density at radius 3 is 2.48 bits per heavy atom. The Balaban J connectivity index is 1.82. The molecule has 1 aromatic heterocycles. The highest BCUT2D eigenvalue weighted by Crippen LogP contribution is 2.29. The number of nitrogens with zero attached hydrogens (tertiary/aromatic N) is 2. The number of aromatic amines is 1. The van der Waals surface area contributed by atoms with Crippen LogP contribution in [0, 0.1) is 17.6 Å². The number of carbonyl (C=O) groups excluding carboxylic acids is 1. The molecule has 0 aliphatic heterocycles. The molecule has 1 atom stereocenters. The zero-order valence-corrected chi connectivity index (χ0v) is 16.7. The highest BCUT2D eigenvalue weighted by molar-refractivity contribution is 6.09. The average Bonchev–Trinajstić information content (AvgIpc) is 3.19. The minimum Gasteiger partial charge on any atom is -0.309 e. The van der Waals surface area contributed by atoms with E-state index >= 15 is 0 Å². The first kappa shape index (κ1) is 22.7. The van der Waals surface area contributed by atoms with E-state index in [0.717, 1.165) is 56.4 Å². The zero-order chi connectivity index (χ0) is 22.6. The first-order valence-electron chi connectivity index (χ1n) is 9.87. The van der Waals surface area contributed by atoms with E-state index in [2.05, 4.69) is 20.7 Å². The summed E-state index contributed by atoms with van der Waals surface area (Å²) in [6, 6.07) is 3.14. The Bertz CT molecular complexity index is 950. The summed E-state index contributed by atoms with van der Waals surface area (Å²) in [7, 11) is 0. The van der Waals surface area contributed by atoms with Crippen LogP contribution in [0.3, 0.4) is 0 Å². The first-order chi connectivity index (χ1) is 14.6. The van der Waals surface area contributed by atoms with Gasteiger partial charge in [-0.05, 0) is 43.9 Å². The molecule has 1 unspecified atom stereocenters. The van der Waals surface area contributed by atoms with Gasteiger partial charge in [0.15, 0.2) is 17.5 Å². The number of hydrogen-bond donors (Lipinski definition) is 3. The van der Waals surface area contributed by atoms with Gasteiger partial charge in [0, 0.05) is 11.6 Å². The topological polar surface area (TPSA) is 82.2 Å². The molecule has 3 N–H and O–H groups in total. The van der Waals surface area contributed by atoms with Crippen LogP contribution < -0.4 is 10.6 Å². The van der Waals surface area contributed by atoms with Crippen LogP contribution in [0.2, 0.25) is 0 Å². The first-order valence-corrected chi connectivity index (χ1v) is 9.87. The van der Waals surface area contributed by atoms with E-state index in [1.54, 1.807) is 0 Å². The molecule has 31 heavy (non-hydrogen) atoms. The van der Waals surface area contributed by atoms with E-state index in [1.807, 2.05) is 12.0 Å². The smallest absolute Gasteiger partial charge is 0.309 e. The van der Waals surface area contributed by atoms with Crippen LogP contribution in [0.4, 0.5) is 27.8 Å². The maximum Gasteiger partial charge on any atom is 0.432 e. The third kappa shape index (κ3) is 6.02. The monoisotopic (exact) mass is 443 g/mol. The fourth-order valence-electron chi connectivity index (χ4n) is 3.49. The number of guanidine groups is 1. The lowest BCUT2D eigenvalue weighted by Crippen LogP contribution is -2.38. The molecule has 1 fully saturated rings. The highest BCUT2D eigenvalue weighted by atomic mass is 19.4. The van der Waals surface area contributed by atoms with E-state index in [0.29, 0.717) is 0 Å². The van der Waals surface area contributed by atoms with Gasteiger partial charge in [-0.2, -0.15) is 18.3 Å². The molecule has 168 valence electrons. The number of aromatic nitrogens is 2. The van der Waals surface area contributed by atoms with Crippen molar-refractivity contribution < 1.29 is 26.7 Å². The van der Waals surface area contributed by atoms with Crippen LogP contribution >= 0.6 is 0 Å². The highest BCUT2D eigenvalue weighted by Gasteiger charge is 2.33. The third-order valence-electron chi connectivity index (χ3n) is 5.21. The molecule has 2 aromatic rings. The molecular formula is C20H22F5N5O.